The molecule has 0 aliphatic heterocycles. The van der Waals surface area contributed by atoms with E-state index in [0.29, 0.717) is 0 Å². The van der Waals surface area contributed by atoms with Gasteiger partial charge in [-0.1, -0.05) is 0 Å². The Morgan fingerprint density at radius 1 is 1.20 bits per heavy atom. The van der Waals surface area contributed by atoms with Gasteiger partial charge in [0, 0.05) is 17.7 Å². The number of carbonyl (C=O) groups is 1. The third-order valence-corrected chi connectivity index (χ3v) is 2.65. The van der Waals surface area contributed by atoms with Crippen LogP contribution in [0.15, 0.2) is 36.4 Å². The predicted octanol–water partition coefficient (Wildman–Crippen LogP) is 2.80. The smallest absolute Gasteiger partial charge is 0.335 e. The van der Waals surface area contributed by atoms with E-state index in [0.717, 1.165) is 36.4 Å². The van der Waals surface area contributed by atoms with E-state index >= 15 is 0 Å². The average Bonchev–Trinajstić information content (AvgIpc) is 2.40. The van der Waals surface area contributed by atoms with Gasteiger partial charge in [-0.2, -0.15) is 0 Å². The third kappa shape index (κ3) is 2.56. The van der Waals surface area contributed by atoms with Crippen LogP contribution in [-0.4, -0.2) is 21.1 Å². The summed E-state index contributed by atoms with van der Waals surface area (Å²) < 4.78 is 13.2. The molecule has 2 aromatic rings. The molecular formula is C13H8FNO5. The quantitative estimate of drug-likeness (QED) is 0.663. The molecule has 2 N–H and O–H groups in total. The van der Waals surface area contributed by atoms with Crippen LogP contribution in [0, 0.1) is 15.9 Å². The van der Waals surface area contributed by atoms with Gasteiger partial charge in [0.05, 0.1) is 10.5 Å². The second kappa shape index (κ2) is 4.96. The van der Waals surface area contributed by atoms with Gasteiger partial charge in [0.1, 0.15) is 11.6 Å². The fourth-order valence-electron chi connectivity index (χ4n) is 1.74. The van der Waals surface area contributed by atoms with Gasteiger partial charge in [0.15, 0.2) is 0 Å². The fraction of sp³-hybridized carbons (Fsp3) is 0. The first-order valence-corrected chi connectivity index (χ1v) is 5.40. The van der Waals surface area contributed by atoms with E-state index in [1.165, 1.54) is 0 Å². The molecule has 0 fully saturated rings. The molecule has 0 heterocycles. The largest absolute Gasteiger partial charge is 0.507 e. The molecule has 0 bridgehead atoms. The van der Waals surface area contributed by atoms with Crippen molar-refractivity contribution in [2.45, 2.75) is 0 Å². The first-order chi connectivity index (χ1) is 9.38. The van der Waals surface area contributed by atoms with Crippen molar-refractivity contribution in [2.75, 3.05) is 0 Å². The standard InChI is InChI=1S/C13H8FNO5/c14-9-1-2-12(16)11(6-9)7-3-8(13(17)18)5-10(4-7)15(19)20/h1-6,16H,(H,17,18). The molecule has 0 unspecified atom stereocenters. The minimum absolute atomic E-state index is 0.0174. The Morgan fingerprint density at radius 2 is 1.90 bits per heavy atom. The number of aromatic hydroxyl groups is 1. The number of hydrogen-bond donors (Lipinski definition) is 2. The number of aromatic carboxylic acids is 1. The van der Waals surface area contributed by atoms with Crippen LogP contribution in [0.3, 0.4) is 0 Å². The number of nitro groups is 1. The number of carboxylic acids is 1. The van der Waals surface area contributed by atoms with E-state index in [1.807, 2.05) is 0 Å². The lowest BCUT2D eigenvalue weighted by Gasteiger charge is -2.06. The number of phenolic OH excluding ortho intramolecular Hbond substituents is 1. The average molecular weight is 277 g/mol. The van der Waals surface area contributed by atoms with Crippen molar-refractivity contribution >= 4 is 11.7 Å². The zero-order chi connectivity index (χ0) is 14.9. The molecule has 20 heavy (non-hydrogen) atoms. The molecule has 0 saturated carbocycles. The van der Waals surface area contributed by atoms with Crippen molar-refractivity contribution in [2.24, 2.45) is 0 Å². The molecule has 0 amide bonds. The summed E-state index contributed by atoms with van der Waals surface area (Å²) in [7, 11) is 0. The maximum Gasteiger partial charge on any atom is 0.335 e. The van der Waals surface area contributed by atoms with E-state index in [-0.39, 0.29) is 22.4 Å². The van der Waals surface area contributed by atoms with Crippen LogP contribution < -0.4 is 0 Å². The van der Waals surface area contributed by atoms with Crippen molar-refractivity contribution < 1.29 is 24.3 Å². The van der Waals surface area contributed by atoms with Crippen LogP contribution in [0.2, 0.25) is 0 Å². The number of carboxylic acid groups (broad SMARTS) is 1. The van der Waals surface area contributed by atoms with E-state index in [4.69, 9.17) is 5.11 Å². The summed E-state index contributed by atoms with van der Waals surface area (Å²) in [6, 6.07) is 6.17. The summed E-state index contributed by atoms with van der Waals surface area (Å²) in [5, 5.41) is 29.4. The minimum Gasteiger partial charge on any atom is -0.507 e. The highest BCUT2D eigenvalue weighted by molar-refractivity contribution is 5.91. The molecule has 102 valence electrons. The van der Waals surface area contributed by atoms with Gasteiger partial charge in [0.2, 0.25) is 0 Å². The molecule has 0 radical (unpaired) electrons. The number of nitrogens with zero attached hydrogens (tertiary/aromatic N) is 1. The number of nitro benzene ring substituents is 1. The summed E-state index contributed by atoms with van der Waals surface area (Å²) in [5.74, 6) is -2.31. The highest BCUT2D eigenvalue weighted by Crippen LogP contribution is 2.32. The van der Waals surface area contributed by atoms with Crippen molar-refractivity contribution in [1.82, 2.24) is 0 Å². The third-order valence-electron chi connectivity index (χ3n) is 2.65. The highest BCUT2D eigenvalue weighted by atomic mass is 19.1. The van der Waals surface area contributed by atoms with Crippen LogP contribution in [0.4, 0.5) is 10.1 Å². The Hall–Kier alpha value is -2.96. The molecule has 0 aliphatic carbocycles. The molecule has 7 heteroatoms. The number of benzene rings is 2. The van der Waals surface area contributed by atoms with E-state index in [9.17, 15) is 24.4 Å². The first kappa shape index (κ1) is 13.5. The topological polar surface area (TPSA) is 101 Å². The molecule has 0 spiro atoms. The number of phenols is 1. The van der Waals surface area contributed by atoms with Gasteiger partial charge in [-0.05, 0) is 29.8 Å². The predicted molar refractivity (Wildman–Crippen MR) is 67.1 cm³/mol. The first-order valence-electron chi connectivity index (χ1n) is 5.40. The molecule has 0 atom stereocenters. The monoisotopic (exact) mass is 277 g/mol. The lowest BCUT2D eigenvalue weighted by molar-refractivity contribution is -0.384. The van der Waals surface area contributed by atoms with Crippen LogP contribution >= 0.6 is 0 Å². The van der Waals surface area contributed by atoms with Crippen LogP contribution in [0.5, 0.6) is 5.75 Å². The molecule has 2 rings (SSSR count). The SMILES string of the molecule is O=C(O)c1cc(-c2cc(F)ccc2O)cc([N+](=O)[O-])c1. The number of non-ortho nitro benzene ring substituents is 1. The minimum atomic E-state index is -1.36. The molecule has 0 saturated heterocycles. The summed E-state index contributed by atoms with van der Waals surface area (Å²) in [5.41, 5.74) is -0.744. The van der Waals surface area contributed by atoms with Gasteiger partial charge in [-0.25, -0.2) is 9.18 Å². The number of halogens is 1. The zero-order valence-electron chi connectivity index (χ0n) is 9.91. The van der Waals surface area contributed by atoms with E-state index in [2.05, 4.69) is 0 Å². The second-order valence-electron chi connectivity index (χ2n) is 3.99. The van der Waals surface area contributed by atoms with Crippen LogP contribution in [0.25, 0.3) is 11.1 Å². The lowest BCUT2D eigenvalue weighted by Crippen LogP contribution is -1.99. The van der Waals surface area contributed by atoms with Gasteiger partial charge >= 0.3 is 5.97 Å². The summed E-state index contributed by atoms with van der Waals surface area (Å²) >= 11 is 0. The lowest BCUT2D eigenvalue weighted by atomic mass is 10.0. The maximum atomic E-state index is 13.2. The Kier molecular flexibility index (Phi) is 3.34. The summed E-state index contributed by atoms with van der Waals surface area (Å²) in [4.78, 5) is 21.0. The summed E-state index contributed by atoms with van der Waals surface area (Å²) in [6.45, 7) is 0. The van der Waals surface area contributed by atoms with Crippen molar-refractivity contribution in [3.8, 4) is 16.9 Å². The fourth-order valence-corrected chi connectivity index (χ4v) is 1.74. The Balaban J connectivity index is 2.69. The van der Waals surface area contributed by atoms with Crippen molar-refractivity contribution in [3.63, 3.8) is 0 Å². The highest BCUT2D eigenvalue weighted by Gasteiger charge is 2.16. The van der Waals surface area contributed by atoms with Crippen LogP contribution in [0.1, 0.15) is 10.4 Å². The van der Waals surface area contributed by atoms with Gasteiger partial charge in [-0.3, -0.25) is 10.1 Å². The Morgan fingerprint density at radius 3 is 2.50 bits per heavy atom. The molecule has 0 aromatic heterocycles. The van der Waals surface area contributed by atoms with Crippen molar-refractivity contribution in [3.05, 3.63) is 57.9 Å². The zero-order valence-corrected chi connectivity index (χ0v) is 9.91. The number of hydrogen-bond acceptors (Lipinski definition) is 4. The van der Waals surface area contributed by atoms with Crippen molar-refractivity contribution in [1.29, 1.82) is 0 Å². The molecule has 6 nitrogen and oxygen atoms in total. The van der Waals surface area contributed by atoms with Gasteiger partial charge in [-0.15, -0.1) is 0 Å². The Bertz CT molecular complexity index is 682. The molecular weight excluding hydrogens is 269 g/mol. The van der Waals surface area contributed by atoms with Crippen LogP contribution in [-0.2, 0) is 0 Å². The number of rotatable bonds is 3. The Labute approximate surface area is 111 Å². The normalized spacial score (nSPS) is 10.2. The van der Waals surface area contributed by atoms with E-state index in [1.54, 1.807) is 0 Å². The maximum absolute atomic E-state index is 13.2. The summed E-state index contributed by atoms with van der Waals surface area (Å²) in [6.07, 6.45) is 0. The second-order valence-corrected chi connectivity index (χ2v) is 3.99. The van der Waals surface area contributed by atoms with Gasteiger partial charge in [0.25, 0.3) is 5.69 Å². The van der Waals surface area contributed by atoms with Gasteiger partial charge < -0.3 is 10.2 Å². The van der Waals surface area contributed by atoms with E-state index < -0.39 is 22.4 Å². The molecule has 0 aliphatic rings. The molecule has 2 aromatic carbocycles.